The lowest BCUT2D eigenvalue weighted by Crippen LogP contribution is -2.29. The molecule has 7 heteroatoms. The average Bonchev–Trinajstić information content (AvgIpc) is 3.35. The van der Waals surface area contributed by atoms with E-state index in [1.54, 1.807) is 13.3 Å². The van der Waals surface area contributed by atoms with E-state index in [1.165, 1.54) is 11.3 Å². The van der Waals surface area contributed by atoms with Gasteiger partial charge in [-0.25, -0.2) is 0 Å². The largest absolute Gasteiger partial charge is 0.497 e. The van der Waals surface area contributed by atoms with Crippen LogP contribution in [0.3, 0.4) is 0 Å². The van der Waals surface area contributed by atoms with Gasteiger partial charge < -0.3 is 19.5 Å². The summed E-state index contributed by atoms with van der Waals surface area (Å²) >= 11 is 5.85. The molecule has 1 aliphatic heterocycles. The minimum atomic E-state index is -0.0652. The van der Waals surface area contributed by atoms with E-state index in [1.807, 2.05) is 42.7 Å². The Morgan fingerprint density at radius 3 is 2.65 bits per heavy atom. The van der Waals surface area contributed by atoms with Gasteiger partial charge in [0, 0.05) is 48.3 Å². The van der Waals surface area contributed by atoms with Crippen molar-refractivity contribution in [3.63, 3.8) is 0 Å². The number of pyridine rings is 2. The van der Waals surface area contributed by atoms with Crippen molar-refractivity contribution in [1.29, 1.82) is 0 Å². The number of aromatic nitrogens is 3. The molecule has 5 rings (SSSR count). The highest BCUT2D eigenvalue weighted by Crippen LogP contribution is 2.42. The van der Waals surface area contributed by atoms with Gasteiger partial charge in [-0.2, -0.15) is 0 Å². The number of hydrogen-bond donors (Lipinski definition) is 1. The van der Waals surface area contributed by atoms with Gasteiger partial charge in [0.1, 0.15) is 5.75 Å². The second-order valence-electron chi connectivity index (χ2n) is 8.48. The van der Waals surface area contributed by atoms with E-state index in [4.69, 9.17) is 17.0 Å². The number of nitrogens with one attached hydrogen (secondary N) is 1. The van der Waals surface area contributed by atoms with E-state index in [0.717, 1.165) is 33.5 Å². The van der Waals surface area contributed by atoms with Crippen LogP contribution in [-0.2, 0) is 6.54 Å². The maximum absolute atomic E-state index is 5.85. The van der Waals surface area contributed by atoms with Crippen LogP contribution in [0.1, 0.15) is 40.3 Å². The predicted octanol–water partition coefficient (Wildman–Crippen LogP) is 5.07. The number of ether oxygens (including phenoxy) is 1. The molecule has 4 heterocycles. The number of aryl methyl sites for hydroxylation is 1. The Morgan fingerprint density at radius 1 is 1.03 bits per heavy atom. The van der Waals surface area contributed by atoms with Crippen LogP contribution in [0.15, 0.2) is 79.3 Å². The molecule has 1 aromatic carbocycles. The summed E-state index contributed by atoms with van der Waals surface area (Å²) in [4.78, 5) is 11.2. The molecule has 4 aromatic rings. The van der Waals surface area contributed by atoms with Crippen LogP contribution in [0.5, 0.6) is 5.75 Å². The predicted molar refractivity (Wildman–Crippen MR) is 137 cm³/mol. The van der Waals surface area contributed by atoms with Crippen LogP contribution >= 0.6 is 12.2 Å². The quantitative estimate of drug-likeness (QED) is 0.398. The summed E-state index contributed by atoms with van der Waals surface area (Å²) in [7, 11) is 1.69. The van der Waals surface area contributed by atoms with Crippen LogP contribution in [0, 0.1) is 13.8 Å². The summed E-state index contributed by atoms with van der Waals surface area (Å²) < 4.78 is 7.75. The lowest BCUT2D eigenvalue weighted by atomic mass is 9.96. The molecule has 1 fully saturated rings. The van der Waals surface area contributed by atoms with Gasteiger partial charge in [-0.1, -0.05) is 18.2 Å². The normalized spacial score (nSPS) is 17.6. The molecule has 3 aromatic heterocycles. The Balaban J connectivity index is 1.62. The molecule has 34 heavy (non-hydrogen) atoms. The average molecular weight is 470 g/mol. The number of methoxy groups -OCH3 is 1. The third-order valence-electron chi connectivity index (χ3n) is 6.37. The van der Waals surface area contributed by atoms with Crippen molar-refractivity contribution in [3.05, 3.63) is 107 Å². The molecule has 0 aliphatic carbocycles. The molecule has 6 nitrogen and oxygen atoms in total. The summed E-state index contributed by atoms with van der Waals surface area (Å²) in [6.45, 7) is 4.97. The molecule has 1 saturated heterocycles. The van der Waals surface area contributed by atoms with Crippen molar-refractivity contribution >= 4 is 17.3 Å². The number of benzene rings is 1. The third kappa shape index (κ3) is 4.03. The van der Waals surface area contributed by atoms with E-state index in [-0.39, 0.29) is 12.1 Å². The van der Waals surface area contributed by atoms with E-state index in [9.17, 15) is 0 Å². The van der Waals surface area contributed by atoms with Crippen molar-refractivity contribution in [2.24, 2.45) is 0 Å². The molecule has 2 atom stereocenters. The van der Waals surface area contributed by atoms with Crippen LogP contribution in [0.2, 0.25) is 0 Å². The topological polar surface area (TPSA) is 55.2 Å². The molecule has 0 bridgehead atoms. The SMILES string of the molecule is COc1cccc(-n2c(C)cc(C3C(c4ccccn4)NC(=S)N3Cc3cccnc3)c2C)c1. The first-order valence-electron chi connectivity index (χ1n) is 11.3. The highest BCUT2D eigenvalue weighted by atomic mass is 32.1. The zero-order valence-electron chi connectivity index (χ0n) is 19.5. The van der Waals surface area contributed by atoms with Gasteiger partial charge in [-0.15, -0.1) is 0 Å². The molecular formula is C27H27N5OS. The summed E-state index contributed by atoms with van der Waals surface area (Å²) in [5, 5.41) is 4.27. The van der Waals surface area contributed by atoms with Crippen molar-refractivity contribution in [2.45, 2.75) is 32.5 Å². The first-order chi connectivity index (χ1) is 16.6. The zero-order chi connectivity index (χ0) is 23.7. The van der Waals surface area contributed by atoms with Crippen molar-refractivity contribution < 1.29 is 4.74 Å². The molecule has 2 unspecified atom stereocenters. The van der Waals surface area contributed by atoms with Gasteiger partial charge in [-0.3, -0.25) is 9.97 Å². The maximum Gasteiger partial charge on any atom is 0.170 e. The Morgan fingerprint density at radius 2 is 1.91 bits per heavy atom. The molecular weight excluding hydrogens is 442 g/mol. The lowest BCUT2D eigenvalue weighted by Gasteiger charge is -2.28. The molecule has 1 aliphatic rings. The molecule has 1 N–H and O–H groups in total. The fourth-order valence-electron chi connectivity index (χ4n) is 4.84. The zero-order valence-corrected chi connectivity index (χ0v) is 20.3. The lowest BCUT2D eigenvalue weighted by molar-refractivity contribution is 0.310. The highest BCUT2D eigenvalue weighted by Gasteiger charge is 2.41. The maximum atomic E-state index is 5.85. The number of nitrogens with zero attached hydrogens (tertiary/aromatic N) is 4. The molecule has 0 spiro atoms. The van der Waals surface area contributed by atoms with E-state index < -0.39 is 0 Å². The molecule has 0 amide bonds. The van der Waals surface area contributed by atoms with Crippen LogP contribution < -0.4 is 10.1 Å². The Kier molecular flexibility index (Phi) is 6.02. The minimum absolute atomic E-state index is 0.0202. The first-order valence-corrected chi connectivity index (χ1v) is 11.7. The van der Waals surface area contributed by atoms with Crippen LogP contribution in [-0.4, -0.2) is 31.7 Å². The Labute approximate surface area is 205 Å². The first kappa shape index (κ1) is 22.1. The summed E-state index contributed by atoms with van der Waals surface area (Å²) in [5.74, 6) is 0.833. The number of rotatable bonds is 6. The highest BCUT2D eigenvalue weighted by molar-refractivity contribution is 7.80. The monoisotopic (exact) mass is 469 g/mol. The van der Waals surface area contributed by atoms with Crippen molar-refractivity contribution in [1.82, 2.24) is 24.8 Å². The molecule has 172 valence electrons. The smallest absolute Gasteiger partial charge is 0.170 e. The Bertz CT molecular complexity index is 1310. The van der Waals surface area contributed by atoms with Gasteiger partial charge in [0.25, 0.3) is 0 Å². The van der Waals surface area contributed by atoms with E-state index >= 15 is 0 Å². The second-order valence-corrected chi connectivity index (χ2v) is 8.87. The van der Waals surface area contributed by atoms with Gasteiger partial charge in [0.15, 0.2) is 5.11 Å². The van der Waals surface area contributed by atoms with Gasteiger partial charge in [-0.05, 0) is 73.6 Å². The third-order valence-corrected chi connectivity index (χ3v) is 6.73. The number of hydrogen-bond acceptors (Lipinski definition) is 4. The van der Waals surface area contributed by atoms with Crippen molar-refractivity contribution in [2.75, 3.05) is 7.11 Å². The minimum Gasteiger partial charge on any atom is -0.497 e. The van der Waals surface area contributed by atoms with E-state index in [0.29, 0.717) is 6.54 Å². The fraction of sp³-hybridized carbons (Fsp3) is 0.222. The van der Waals surface area contributed by atoms with Gasteiger partial charge >= 0.3 is 0 Å². The molecule has 0 radical (unpaired) electrons. The summed E-state index contributed by atoms with van der Waals surface area (Å²) in [5.41, 5.74) is 6.68. The standard InChI is InChI=1S/C27H27N5OS/c1-18-14-23(19(2)32(18)21-9-6-10-22(15-21)33-3)26-25(24-11-4-5-13-29-24)30-27(34)31(26)17-20-8-7-12-28-16-20/h4-16,25-26H,17H2,1-3H3,(H,30,34). The van der Waals surface area contributed by atoms with Crippen molar-refractivity contribution in [3.8, 4) is 11.4 Å². The molecule has 0 saturated carbocycles. The number of thiocarbonyl (C=S) groups is 1. The van der Waals surface area contributed by atoms with Crippen LogP contribution in [0.25, 0.3) is 5.69 Å². The van der Waals surface area contributed by atoms with Gasteiger partial charge in [0.2, 0.25) is 0 Å². The van der Waals surface area contributed by atoms with E-state index in [2.05, 4.69) is 68.9 Å². The summed E-state index contributed by atoms with van der Waals surface area (Å²) in [6.07, 6.45) is 5.52. The Hall–Kier alpha value is -3.71. The second kappa shape index (κ2) is 9.27. The van der Waals surface area contributed by atoms with Gasteiger partial charge in [0.05, 0.1) is 24.9 Å². The summed E-state index contributed by atoms with van der Waals surface area (Å²) in [6, 6.07) is 20.4. The van der Waals surface area contributed by atoms with Crippen LogP contribution in [0.4, 0.5) is 0 Å². The fourth-order valence-corrected chi connectivity index (χ4v) is 5.14.